The summed E-state index contributed by atoms with van der Waals surface area (Å²) in [5.41, 5.74) is 0.959. The number of aromatic nitrogens is 4. The van der Waals surface area contributed by atoms with Crippen molar-refractivity contribution < 1.29 is 0 Å². The highest BCUT2D eigenvalue weighted by Gasteiger charge is 2.18. The second kappa shape index (κ2) is 4.92. The van der Waals surface area contributed by atoms with E-state index in [1.54, 1.807) is 6.33 Å². The first kappa shape index (κ1) is 11.4. The van der Waals surface area contributed by atoms with Crippen molar-refractivity contribution in [1.29, 1.82) is 0 Å². The maximum Gasteiger partial charge on any atom is 0.163 e. The number of nitrogens with zero attached hydrogens (tertiary/aromatic N) is 4. The van der Waals surface area contributed by atoms with Gasteiger partial charge in [0, 0.05) is 7.05 Å². The van der Waals surface area contributed by atoms with E-state index in [-0.39, 0.29) is 0 Å². The lowest BCUT2D eigenvalue weighted by Crippen LogP contribution is -2.10. The van der Waals surface area contributed by atoms with Crippen molar-refractivity contribution in [2.45, 2.75) is 44.6 Å². The highest BCUT2D eigenvalue weighted by molar-refractivity contribution is 5.85. The largest absolute Gasteiger partial charge is 0.372 e. The SMILES string of the molecule is CNc1ncnc2c1cnn2C1CCCCCC1. The average Bonchev–Trinajstić information content (AvgIpc) is 2.66. The molecule has 0 bridgehead atoms. The minimum atomic E-state index is 0.504. The zero-order chi connectivity index (χ0) is 12.4. The summed E-state index contributed by atoms with van der Waals surface area (Å²) in [4.78, 5) is 8.63. The van der Waals surface area contributed by atoms with Gasteiger partial charge in [-0.05, 0) is 12.8 Å². The van der Waals surface area contributed by atoms with Gasteiger partial charge in [-0.3, -0.25) is 0 Å². The first-order chi connectivity index (χ1) is 8.90. The molecule has 1 saturated carbocycles. The number of hydrogen-bond acceptors (Lipinski definition) is 4. The quantitative estimate of drug-likeness (QED) is 0.827. The maximum atomic E-state index is 4.54. The topological polar surface area (TPSA) is 55.6 Å². The molecule has 2 aromatic rings. The molecule has 5 nitrogen and oxygen atoms in total. The van der Waals surface area contributed by atoms with Crippen molar-refractivity contribution in [2.24, 2.45) is 0 Å². The number of fused-ring (bicyclic) bond motifs is 1. The van der Waals surface area contributed by atoms with Crippen LogP contribution in [0.5, 0.6) is 0 Å². The Morgan fingerprint density at radius 3 is 2.67 bits per heavy atom. The van der Waals surface area contributed by atoms with Crippen LogP contribution in [-0.4, -0.2) is 26.8 Å². The summed E-state index contributed by atoms with van der Waals surface area (Å²) < 4.78 is 2.10. The van der Waals surface area contributed by atoms with E-state index in [1.807, 2.05) is 13.2 Å². The highest BCUT2D eigenvalue weighted by atomic mass is 15.3. The predicted molar refractivity (Wildman–Crippen MR) is 71.6 cm³/mol. The molecule has 0 atom stereocenters. The Morgan fingerprint density at radius 2 is 1.94 bits per heavy atom. The Hall–Kier alpha value is -1.65. The Morgan fingerprint density at radius 1 is 1.17 bits per heavy atom. The second-order valence-electron chi connectivity index (χ2n) is 4.94. The maximum absolute atomic E-state index is 4.54. The van der Waals surface area contributed by atoms with Gasteiger partial charge in [0.1, 0.15) is 12.1 Å². The normalized spacial score (nSPS) is 17.8. The van der Waals surface area contributed by atoms with Gasteiger partial charge < -0.3 is 5.32 Å². The molecule has 0 saturated heterocycles. The third kappa shape index (κ3) is 1.94. The second-order valence-corrected chi connectivity index (χ2v) is 4.94. The van der Waals surface area contributed by atoms with Crippen LogP contribution in [0.25, 0.3) is 11.0 Å². The summed E-state index contributed by atoms with van der Waals surface area (Å²) in [5.74, 6) is 0.861. The van der Waals surface area contributed by atoms with Gasteiger partial charge in [0.05, 0.1) is 17.6 Å². The number of nitrogens with one attached hydrogen (secondary N) is 1. The zero-order valence-electron chi connectivity index (χ0n) is 10.8. The van der Waals surface area contributed by atoms with Gasteiger partial charge in [0.15, 0.2) is 5.65 Å². The third-order valence-electron chi connectivity index (χ3n) is 3.80. The molecule has 1 aliphatic carbocycles. The van der Waals surface area contributed by atoms with Crippen LogP contribution < -0.4 is 5.32 Å². The van der Waals surface area contributed by atoms with E-state index in [1.165, 1.54) is 38.5 Å². The molecule has 0 aromatic carbocycles. The molecule has 2 heterocycles. The fourth-order valence-corrected chi connectivity index (χ4v) is 2.83. The van der Waals surface area contributed by atoms with E-state index in [9.17, 15) is 0 Å². The molecule has 0 unspecified atom stereocenters. The highest BCUT2D eigenvalue weighted by Crippen LogP contribution is 2.29. The smallest absolute Gasteiger partial charge is 0.163 e. The molecule has 0 aliphatic heterocycles. The third-order valence-corrected chi connectivity index (χ3v) is 3.80. The molecule has 96 valence electrons. The van der Waals surface area contributed by atoms with Crippen molar-refractivity contribution in [3.63, 3.8) is 0 Å². The van der Waals surface area contributed by atoms with Crippen molar-refractivity contribution in [2.75, 3.05) is 12.4 Å². The fourth-order valence-electron chi connectivity index (χ4n) is 2.83. The lowest BCUT2D eigenvalue weighted by molar-refractivity contribution is 0.415. The van der Waals surface area contributed by atoms with Gasteiger partial charge in [0.2, 0.25) is 0 Å². The summed E-state index contributed by atoms with van der Waals surface area (Å²) in [7, 11) is 1.88. The van der Waals surface area contributed by atoms with Crippen molar-refractivity contribution >= 4 is 16.9 Å². The van der Waals surface area contributed by atoms with Gasteiger partial charge in [-0.1, -0.05) is 25.7 Å². The minimum Gasteiger partial charge on any atom is -0.372 e. The van der Waals surface area contributed by atoms with Crippen LogP contribution in [0.1, 0.15) is 44.6 Å². The fraction of sp³-hybridized carbons (Fsp3) is 0.615. The lowest BCUT2D eigenvalue weighted by atomic mass is 10.1. The summed E-state index contributed by atoms with van der Waals surface area (Å²) in [5, 5.41) is 8.66. The van der Waals surface area contributed by atoms with Crippen LogP contribution in [0.15, 0.2) is 12.5 Å². The monoisotopic (exact) mass is 245 g/mol. The van der Waals surface area contributed by atoms with Crippen molar-refractivity contribution in [3.05, 3.63) is 12.5 Å². The van der Waals surface area contributed by atoms with E-state index >= 15 is 0 Å². The minimum absolute atomic E-state index is 0.504. The Kier molecular flexibility index (Phi) is 3.13. The summed E-state index contributed by atoms with van der Waals surface area (Å²) in [6, 6.07) is 0.504. The average molecular weight is 245 g/mol. The molecule has 2 aromatic heterocycles. The Labute approximate surface area is 107 Å². The summed E-state index contributed by atoms with van der Waals surface area (Å²) in [6.45, 7) is 0. The first-order valence-corrected chi connectivity index (χ1v) is 6.76. The van der Waals surface area contributed by atoms with Crippen LogP contribution in [0.4, 0.5) is 5.82 Å². The van der Waals surface area contributed by atoms with E-state index in [0.717, 1.165) is 16.9 Å². The Balaban J connectivity index is 2.01. The van der Waals surface area contributed by atoms with Crippen LogP contribution in [0.3, 0.4) is 0 Å². The number of hydrogen-bond donors (Lipinski definition) is 1. The molecule has 1 aliphatic rings. The first-order valence-electron chi connectivity index (χ1n) is 6.76. The van der Waals surface area contributed by atoms with E-state index < -0.39 is 0 Å². The zero-order valence-corrected chi connectivity index (χ0v) is 10.8. The molecule has 18 heavy (non-hydrogen) atoms. The van der Waals surface area contributed by atoms with Gasteiger partial charge in [0.25, 0.3) is 0 Å². The standard InChI is InChI=1S/C13H19N5/c1-14-12-11-8-17-18(13(11)16-9-15-12)10-6-4-2-3-5-7-10/h8-10H,2-7H2,1H3,(H,14,15,16). The summed E-state index contributed by atoms with van der Waals surface area (Å²) in [6.07, 6.45) is 11.2. The Bertz CT molecular complexity index is 525. The van der Waals surface area contributed by atoms with E-state index in [0.29, 0.717) is 6.04 Å². The van der Waals surface area contributed by atoms with Crippen LogP contribution in [-0.2, 0) is 0 Å². The molecule has 0 spiro atoms. The molecule has 0 amide bonds. The van der Waals surface area contributed by atoms with E-state index in [4.69, 9.17) is 0 Å². The predicted octanol–water partition coefficient (Wildman–Crippen LogP) is 2.76. The summed E-state index contributed by atoms with van der Waals surface area (Å²) >= 11 is 0. The molecular weight excluding hydrogens is 226 g/mol. The molecule has 0 radical (unpaired) electrons. The van der Waals surface area contributed by atoms with Crippen molar-refractivity contribution in [3.8, 4) is 0 Å². The molecule has 1 N–H and O–H groups in total. The van der Waals surface area contributed by atoms with Crippen LogP contribution in [0, 0.1) is 0 Å². The molecule has 5 heteroatoms. The van der Waals surface area contributed by atoms with Gasteiger partial charge in [-0.2, -0.15) is 5.10 Å². The van der Waals surface area contributed by atoms with Gasteiger partial charge >= 0.3 is 0 Å². The van der Waals surface area contributed by atoms with Crippen molar-refractivity contribution in [1.82, 2.24) is 19.7 Å². The molecule has 1 fully saturated rings. The van der Waals surface area contributed by atoms with Crippen LogP contribution >= 0.6 is 0 Å². The molecule has 3 rings (SSSR count). The van der Waals surface area contributed by atoms with Gasteiger partial charge in [-0.15, -0.1) is 0 Å². The number of rotatable bonds is 2. The molecular formula is C13H19N5. The van der Waals surface area contributed by atoms with Crippen LogP contribution in [0.2, 0.25) is 0 Å². The number of anilines is 1. The van der Waals surface area contributed by atoms with E-state index in [2.05, 4.69) is 25.1 Å². The lowest BCUT2D eigenvalue weighted by Gasteiger charge is -2.15. The van der Waals surface area contributed by atoms with Gasteiger partial charge in [-0.25, -0.2) is 14.6 Å².